The summed E-state index contributed by atoms with van der Waals surface area (Å²) in [6.45, 7) is 1.69. The lowest BCUT2D eigenvalue weighted by Crippen LogP contribution is -2.27. The zero-order valence-electron chi connectivity index (χ0n) is 7.33. The summed E-state index contributed by atoms with van der Waals surface area (Å²) in [7, 11) is 0. The van der Waals surface area contributed by atoms with Crippen LogP contribution in [0.2, 0.25) is 0 Å². The summed E-state index contributed by atoms with van der Waals surface area (Å²) in [6, 6.07) is 0. The molecular weight excluding hydrogens is 156 g/mol. The van der Waals surface area contributed by atoms with Crippen LogP contribution >= 0.6 is 0 Å². The van der Waals surface area contributed by atoms with Gasteiger partial charge in [0, 0.05) is 19.6 Å². The molecule has 0 spiro atoms. The van der Waals surface area contributed by atoms with Gasteiger partial charge in [0.05, 0.1) is 0 Å². The van der Waals surface area contributed by atoms with E-state index in [-0.39, 0.29) is 12.6 Å². The first-order chi connectivity index (χ1) is 5.95. The van der Waals surface area contributed by atoms with Crippen molar-refractivity contribution < 1.29 is 14.2 Å². The number of hydrogen-bond donors (Lipinski definition) is 0. The molecule has 12 heavy (non-hydrogen) atoms. The second-order valence-electron chi connectivity index (χ2n) is 3.37. The lowest BCUT2D eigenvalue weighted by atomic mass is 10.2. The van der Waals surface area contributed by atoms with E-state index >= 15 is 0 Å². The van der Waals surface area contributed by atoms with Gasteiger partial charge in [0.15, 0.2) is 12.6 Å². The van der Waals surface area contributed by atoms with Crippen LogP contribution in [0.3, 0.4) is 0 Å². The van der Waals surface area contributed by atoms with Crippen molar-refractivity contribution in [2.75, 3.05) is 13.2 Å². The van der Waals surface area contributed by atoms with Crippen molar-refractivity contribution >= 4 is 0 Å². The summed E-state index contributed by atoms with van der Waals surface area (Å²) < 4.78 is 16.4. The van der Waals surface area contributed by atoms with Crippen molar-refractivity contribution in [1.82, 2.24) is 0 Å². The lowest BCUT2D eigenvalue weighted by molar-refractivity contribution is -0.241. The molecule has 70 valence electrons. The van der Waals surface area contributed by atoms with Gasteiger partial charge in [-0.15, -0.1) is 0 Å². The first-order valence-electron chi connectivity index (χ1n) is 4.84. The normalized spacial score (nSPS) is 37.0. The molecular formula is C9H16O3. The summed E-state index contributed by atoms with van der Waals surface area (Å²) in [5.74, 6) is 0. The molecule has 2 aliphatic heterocycles. The summed E-state index contributed by atoms with van der Waals surface area (Å²) in [5, 5.41) is 0. The molecule has 0 bridgehead atoms. The molecule has 3 heteroatoms. The average Bonchev–Trinajstić information content (AvgIpc) is 2.59. The Kier molecular flexibility index (Phi) is 2.98. The van der Waals surface area contributed by atoms with E-state index in [1.165, 1.54) is 12.8 Å². The van der Waals surface area contributed by atoms with Gasteiger partial charge in [-0.05, 0) is 25.7 Å². The predicted octanol–water partition coefficient (Wildman–Crippen LogP) is 1.67. The molecule has 0 unspecified atom stereocenters. The van der Waals surface area contributed by atoms with Gasteiger partial charge in [0.25, 0.3) is 0 Å². The van der Waals surface area contributed by atoms with Crippen molar-refractivity contribution in [3.63, 3.8) is 0 Å². The van der Waals surface area contributed by atoms with E-state index in [0.29, 0.717) is 0 Å². The van der Waals surface area contributed by atoms with Crippen molar-refractivity contribution in [3.8, 4) is 0 Å². The maximum absolute atomic E-state index is 5.61. The minimum absolute atomic E-state index is 0.00171. The van der Waals surface area contributed by atoms with Crippen LogP contribution in [0.25, 0.3) is 0 Å². The molecule has 0 aromatic carbocycles. The highest BCUT2D eigenvalue weighted by Gasteiger charge is 2.22. The highest BCUT2D eigenvalue weighted by atomic mass is 16.8. The molecule has 0 amide bonds. The van der Waals surface area contributed by atoms with E-state index in [1.807, 2.05) is 0 Å². The molecule has 2 fully saturated rings. The Morgan fingerprint density at radius 2 is 1.50 bits per heavy atom. The van der Waals surface area contributed by atoms with Gasteiger partial charge >= 0.3 is 0 Å². The fourth-order valence-electron chi connectivity index (χ4n) is 1.64. The monoisotopic (exact) mass is 172 g/mol. The van der Waals surface area contributed by atoms with Crippen LogP contribution < -0.4 is 0 Å². The van der Waals surface area contributed by atoms with Gasteiger partial charge in [0.1, 0.15) is 0 Å². The Bertz CT molecular complexity index is 126. The van der Waals surface area contributed by atoms with Crippen molar-refractivity contribution in [3.05, 3.63) is 0 Å². The summed E-state index contributed by atoms with van der Waals surface area (Å²) >= 11 is 0. The van der Waals surface area contributed by atoms with E-state index in [1.54, 1.807) is 0 Å². The summed E-state index contributed by atoms with van der Waals surface area (Å²) in [6.07, 6.45) is 5.58. The molecule has 0 radical (unpaired) electrons. The van der Waals surface area contributed by atoms with Gasteiger partial charge in [-0.3, -0.25) is 0 Å². The first-order valence-corrected chi connectivity index (χ1v) is 4.84. The van der Waals surface area contributed by atoms with Gasteiger partial charge in [-0.1, -0.05) is 0 Å². The Morgan fingerprint density at radius 3 is 2.00 bits per heavy atom. The topological polar surface area (TPSA) is 27.7 Å². The third kappa shape index (κ3) is 2.19. The van der Waals surface area contributed by atoms with Crippen LogP contribution in [0, 0.1) is 0 Å². The molecule has 2 atom stereocenters. The van der Waals surface area contributed by atoms with E-state index in [4.69, 9.17) is 14.2 Å². The Hall–Kier alpha value is -0.120. The highest BCUT2D eigenvalue weighted by Crippen LogP contribution is 2.20. The molecule has 0 saturated carbocycles. The zero-order chi connectivity index (χ0) is 8.23. The second-order valence-corrected chi connectivity index (χ2v) is 3.37. The number of hydrogen-bond acceptors (Lipinski definition) is 3. The van der Waals surface area contributed by atoms with E-state index in [0.717, 1.165) is 32.5 Å². The van der Waals surface area contributed by atoms with E-state index < -0.39 is 0 Å². The fraction of sp³-hybridized carbons (Fsp3) is 1.00. The van der Waals surface area contributed by atoms with Crippen LogP contribution in [-0.4, -0.2) is 25.8 Å². The fourth-order valence-corrected chi connectivity index (χ4v) is 1.64. The SMILES string of the molecule is C1CC[C@H](O[C@@H]2CCCO2)OC1. The Morgan fingerprint density at radius 1 is 0.833 bits per heavy atom. The maximum Gasteiger partial charge on any atom is 0.160 e. The van der Waals surface area contributed by atoms with Crippen LogP contribution in [-0.2, 0) is 14.2 Å². The van der Waals surface area contributed by atoms with Crippen molar-refractivity contribution in [1.29, 1.82) is 0 Å². The number of ether oxygens (including phenoxy) is 3. The van der Waals surface area contributed by atoms with Crippen molar-refractivity contribution in [2.45, 2.75) is 44.7 Å². The Balaban J connectivity index is 1.69. The molecule has 2 rings (SSSR count). The third-order valence-electron chi connectivity index (χ3n) is 2.33. The van der Waals surface area contributed by atoms with E-state index in [9.17, 15) is 0 Å². The van der Waals surface area contributed by atoms with Crippen LogP contribution in [0.5, 0.6) is 0 Å². The molecule has 3 nitrogen and oxygen atoms in total. The van der Waals surface area contributed by atoms with Crippen molar-refractivity contribution in [2.24, 2.45) is 0 Å². The number of rotatable bonds is 2. The minimum atomic E-state index is 0.00171. The van der Waals surface area contributed by atoms with Gasteiger partial charge in [-0.2, -0.15) is 0 Å². The smallest absolute Gasteiger partial charge is 0.160 e. The summed E-state index contributed by atoms with van der Waals surface area (Å²) in [5.41, 5.74) is 0. The molecule has 0 N–H and O–H groups in total. The quantitative estimate of drug-likeness (QED) is 0.634. The molecule has 0 aromatic heterocycles. The Labute approximate surface area is 73.0 Å². The lowest BCUT2D eigenvalue weighted by Gasteiger charge is -2.25. The van der Waals surface area contributed by atoms with E-state index in [2.05, 4.69) is 0 Å². The first kappa shape index (κ1) is 8.48. The maximum atomic E-state index is 5.61. The molecule has 0 aromatic rings. The zero-order valence-corrected chi connectivity index (χ0v) is 7.33. The largest absolute Gasteiger partial charge is 0.353 e. The van der Waals surface area contributed by atoms with Crippen LogP contribution in [0.15, 0.2) is 0 Å². The molecule has 2 aliphatic rings. The molecule has 2 heterocycles. The second kappa shape index (κ2) is 4.21. The summed E-state index contributed by atoms with van der Waals surface area (Å²) in [4.78, 5) is 0. The standard InChI is InChI=1S/C9H16O3/c1-2-6-10-8(4-1)12-9-5-3-7-11-9/h8-9H,1-7H2/t8-,9+/m0/s1. The highest BCUT2D eigenvalue weighted by molar-refractivity contribution is 4.59. The van der Waals surface area contributed by atoms with Gasteiger partial charge < -0.3 is 14.2 Å². The van der Waals surface area contributed by atoms with Gasteiger partial charge in [-0.25, -0.2) is 0 Å². The predicted molar refractivity (Wildman–Crippen MR) is 43.7 cm³/mol. The average molecular weight is 172 g/mol. The molecule has 0 aliphatic carbocycles. The third-order valence-corrected chi connectivity index (χ3v) is 2.33. The van der Waals surface area contributed by atoms with Gasteiger partial charge in [0.2, 0.25) is 0 Å². The van der Waals surface area contributed by atoms with Crippen LogP contribution in [0.1, 0.15) is 32.1 Å². The minimum Gasteiger partial charge on any atom is -0.353 e. The van der Waals surface area contributed by atoms with Crippen LogP contribution in [0.4, 0.5) is 0 Å². The molecule has 2 saturated heterocycles.